The molecular weight excluding hydrogens is 222 g/mol. The Kier molecular flexibility index (Phi) is 6.20. The number of ether oxygens (including phenoxy) is 1. The Morgan fingerprint density at radius 1 is 1.17 bits per heavy atom. The molecule has 0 heterocycles. The standard InChI is InChI=1S/C16H27NO/c1-6-8-16(17-12(2)3)14-9-7-10-15(11-14)18-13(4)5/h7,9-13,16-17H,6,8H2,1-5H3. The van der Waals surface area contributed by atoms with Gasteiger partial charge in [-0.05, 0) is 38.0 Å². The molecule has 0 saturated carbocycles. The lowest BCUT2D eigenvalue weighted by atomic mass is 10.0. The molecule has 1 aromatic rings. The summed E-state index contributed by atoms with van der Waals surface area (Å²) in [6.07, 6.45) is 2.56. The zero-order valence-electron chi connectivity index (χ0n) is 12.4. The Hall–Kier alpha value is -1.02. The molecular formula is C16H27NO. The first-order valence-electron chi connectivity index (χ1n) is 7.05. The van der Waals surface area contributed by atoms with Crippen molar-refractivity contribution in [2.45, 2.75) is 65.6 Å². The number of benzene rings is 1. The number of rotatable bonds is 7. The van der Waals surface area contributed by atoms with Gasteiger partial charge in [-0.3, -0.25) is 0 Å². The second-order valence-corrected chi connectivity index (χ2v) is 5.40. The van der Waals surface area contributed by atoms with Gasteiger partial charge in [-0.25, -0.2) is 0 Å². The fourth-order valence-electron chi connectivity index (χ4n) is 2.11. The van der Waals surface area contributed by atoms with Gasteiger partial charge in [0.1, 0.15) is 5.75 Å². The first-order valence-corrected chi connectivity index (χ1v) is 7.05. The van der Waals surface area contributed by atoms with Gasteiger partial charge in [0.05, 0.1) is 6.10 Å². The van der Waals surface area contributed by atoms with E-state index in [1.54, 1.807) is 0 Å². The van der Waals surface area contributed by atoms with Crippen LogP contribution in [0.15, 0.2) is 24.3 Å². The van der Waals surface area contributed by atoms with E-state index in [0.717, 1.165) is 12.2 Å². The second kappa shape index (κ2) is 7.42. The summed E-state index contributed by atoms with van der Waals surface area (Å²) >= 11 is 0. The molecule has 0 aliphatic carbocycles. The molecule has 0 fully saturated rings. The van der Waals surface area contributed by atoms with Gasteiger partial charge in [0, 0.05) is 12.1 Å². The van der Waals surface area contributed by atoms with Crippen LogP contribution in [0.2, 0.25) is 0 Å². The monoisotopic (exact) mass is 249 g/mol. The highest BCUT2D eigenvalue weighted by molar-refractivity contribution is 5.30. The summed E-state index contributed by atoms with van der Waals surface area (Å²) in [7, 11) is 0. The molecule has 0 saturated heterocycles. The SMILES string of the molecule is CCCC(NC(C)C)c1cccc(OC(C)C)c1. The molecule has 0 amide bonds. The fourth-order valence-corrected chi connectivity index (χ4v) is 2.11. The van der Waals surface area contributed by atoms with Crippen molar-refractivity contribution in [1.29, 1.82) is 0 Å². The van der Waals surface area contributed by atoms with Gasteiger partial charge in [-0.1, -0.05) is 39.3 Å². The maximum atomic E-state index is 5.76. The maximum absolute atomic E-state index is 5.76. The van der Waals surface area contributed by atoms with Gasteiger partial charge in [-0.15, -0.1) is 0 Å². The molecule has 0 spiro atoms. The molecule has 102 valence electrons. The van der Waals surface area contributed by atoms with Crippen LogP contribution < -0.4 is 10.1 Å². The molecule has 0 aliphatic heterocycles. The molecule has 0 radical (unpaired) electrons. The van der Waals surface area contributed by atoms with Crippen molar-refractivity contribution in [3.05, 3.63) is 29.8 Å². The summed E-state index contributed by atoms with van der Waals surface area (Å²) in [5.74, 6) is 0.967. The van der Waals surface area contributed by atoms with Crippen molar-refractivity contribution in [3.8, 4) is 5.75 Å². The molecule has 1 N–H and O–H groups in total. The molecule has 2 nitrogen and oxygen atoms in total. The van der Waals surface area contributed by atoms with E-state index in [0.29, 0.717) is 12.1 Å². The van der Waals surface area contributed by atoms with Crippen LogP contribution in [0.25, 0.3) is 0 Å². The van der Waals surface area contributed by atoms with Crippen LogP contribution in [-0.4, -0.2) is 12.1 Å². The number of hydrogen-bond donors (Lipinski definition) is 1. The van der Waals surface area contributed by atoms with Gasteiger partial charge in [0.25, 0.3) is 0 Å². The van der Waals surface area contributed by atoms with Crippen molar-refractivity contribution in [2.24, 2.45) is 0 Å². The zero-order valence-corrected chi connectivity index (χ0v) is 12.4. The lowest BCUT2D eigenvalue weighted by molar-refractivity contribution is 0.242. The zero-order chi connectivity index (χ0) is 13.5. The van der Waals surface area contributed by atoms with Crippen LogP contribution in [0.5, 0.6) is 5.75 Å². The van der Waals surface area contributed by atoms with Gasteiger partial charge in [0.2, 0.25) is 0 Å². The fraction of sp³-hybridized carbons (Fsp3) is 0.625. The molecule has 1 rings (SSSR count). The molecule has 18 heavy (non-hydrogen) atoms. The van der Waals surface area contributed by atoms with E-state index in [4.69, 9.17) is 4.74 Å². The van der Waals surface area contributed by atoms with E-state index in [1.165, 1.54) is 12.0 Å². The Bertz CT molecular complexity index is 347. The average molecular weight is 249 g/mol. The first-order chi connectivity index (χ1) is 8.52. The predicted molar refractivity (Wildman–Crippen MR) is 78.1 cm³/mol. The highest BCUT2D eigenvalue weighted by Gasteiger charge is 2.12. The highest BCUT2D eigenvalue weighted by atomic mass is 16.5. The quantitative estimate of drug-likeness (QED) is 0.777. The second-order valence-electron chi connectivity index (χ2n) is 5.40. The molecule has 0 aliphatic rings. The number of nitrogens with one attached hydrogen (secondary N) is 1. The van der Waals surface area contributed by atoms with E-state index in [-0.39, 0.29) is 6.10 Å². The predicted octanol–water partition coefficient (Wildman–Crippen LogP) is 4.31. The van der Waals surface area contributed by atoms with Crippen molar-refractivity contribution in [3.63, 3.8) is 0 Å². The van der Waals surface area contributed by atoms with E-state index in [1.807, 2.05) is 6.07 Å². The van der Waals surface area contributed by atoms with Crippen molar-refractivity contribution in [2.75, 3.05) is 0 Å². The van der Waals surface area contributed by atoms with E-state index >= 15 is 0 Å². The van der Waals surface area contributed by atoms with Crippen molar-refractivity contribution in [1.82, 2.24) is 5.32 Å². The summed E-state index contributed by atoms with van der Waals surface area (Å²) in [6.45, 7) is 10.7. The van der Waals surface area contributed by atoms with Crippen LogP contribution in [0.3, 0.4) is 0 Å². The highest BCUT2D eigenvalue weighted by Crippen LogP contribution is 2.24. The lowest BCUT2D eigenvalue weighted by Gasteiger charge is -2.22. The molecule has 0 aromatic heterocycles. The Morgan fingerprint density at radius 2 is 1.89 bits per heavy atom. The Labute approximate surface area is 112 Å². The minimum Gasteiger partial charge on any atom is -0.491 e. The minimum atomic E-state index is 0.225. The first kappa shape index (κ1) is 15.0. The third-order valence-corrected chi connectivity index (χ3v) is 2.74. The van der Waals surface area contributed by atoms with Gasteiger partial charge < -0.3 is 10.1 Å². The van der Waals surface area contributed by atoms with Gasteiger partial charge >= 0.3 is 0 Å². The van der Waals surface area contributed by atoms with Gasteiger partial charge in [-0.2, -0.15) is 0 Å². The molecule has 1 atom stereocenters. The summed E-state index contributed by atoms with van der Waals surface area (Å²) < 4.78 is 5.76. The topological polar surface area (TPSA) is 21.3 Å². The van der Waals surface area contributed by atoms with Gasteiger partial charge in [0.15, 0.2) is 0 Å². The molecule has 0 bridgehead atoms. The molecule has 1 aromatic carbocycles. The summed E-state index contributed by atoms with van der Waals surface area (Å²) in [5, 5.41) is 3.62. The maximum Gasteiger partial charge on any atom is 0.120 e. The van der Waals surface area contributed by atoms with Crippen LogP contribution in [0, 0.1) is 0 Å². The Morgan fingerprint density at radius 3 is 2.44 bits per heavy atom. The largest absolute Gasteiger partial charge is 0.491 e. The third kappa shape index (κ3) is 5.09. The van der Waals surface area contributed by atoms with Crippen LogP contribution in [0.4, 0.5) is 0 Å². The summed E-state index contributed by atoms with van der Waals surface area (Å²) in [5.41, 5.74) is 1.32. The van der Waals surface area contributed by atoms with E-state index in [9.17, 15) is 0 Å². The van der Waals surface area contributed by atoms with Crippen LogP contribution >= 0.6 is 0 Å². The Balaban J connectivity index is 2.83. The van der Waals surface area contributed by atoms with E-state index < -0.39 is 0 Å². The average Bonchev–Trinajstić information content (AvgIpc) is 2.27. The lowest BCUT2D eigenvalue weighted by Crippen LogP contribution is -2.28. The summed E-state index contributed by atoms with van der Waals surface area (Å²) in [4.78, 5) is 0. The van der Waals surface area contributed by atoms with Crippen LogP contribution in [0.1, 0.15) is 59.1 Å². The number of hydrogen-bond acceptors (Lipinski definition) is 2. The van der Waals surface area contributed by atoms with Crippen molar-refractivity contribution < 1.29 is 4.74 Å². The smallest absolute Gasteiger partial charge is 0.120 e. The van der Waals surface area contributed by atoms with Crippen LogP contribution in [-0.2, 0) is 0 Å². The van der Waals surface area contributed by atoms with E-state index in [2.05, 4.69) is 58.1 Å². The van der Waals surface area contributed by atoms with Crippen molar-refractivity contribution >= 4 is 0 Å². The molecule has 2 heteroatoms. The third-order valence-electron chi connectivity index (χ3n) is 2.74. The summed E-state index contributed by atoms with van der Waals surface area (Å²) in [6, 6.07) is 9.37. The molecule has 1 unspecified atom stereocenters. The minimum absolute atomic E-state index is 0.225. The normalized spacial score (nSPS) is 13.1.